The Balaban J connectivity index is 2.13. The Labute approximate surface area is 113 Å². The van der Waals surface area contributed by atoms with Gasteiger partial charge >= 0.3 is 5.63 Å². The summed E-state index contributed by atoms with van der Waals surface area (Å²) in [5.74, 6) is 1.09. The number of rotatable bonds is 3. The number of hydrogen-bond donors (Lipinski definition) is 0. The van der Waals surface area contributed by atoms with Crippen molar-refractivity contribution in [1.29, 1.82) is 0 Å². The van der Waals surface area contributed by atoms with Crippen molar-refractivity contribution in [3.63, 3.8) is 0 Å². The van der Waals surface area contributed by atoms with Gasteiger partial charge in [-0.3, -0.25) is 0 Å². The molecule has 0 radical (unpaired) electrons. The van der Waals surface area contributed by atoms with Gasteiger partial charge in [0, 0.05) is 15.2 Å². The Hall–Kier alpha value is -1.30. The molecule has 2 rings (SSSR count). The van der Waals surface area contributed by atoms with Crippen LogP contribution in [0.2, 0.25) is 0 Å². The molecule has 0 atom stereocenters. The number of hydrogen-bond acceptors (Lipinski definition) is 3. The van der Waals surface area contributed by atoms with Crippen LogP contribution in [-0.4, -0.2) is 0 Å². The first-order valence-electron chi connectivity index (χ1n) is 5.13. The summed E-state index contributed by atoms with van der Waals surface area (Å²) in [4.78, 5) is 11.1. The van der Waals surface area contributed by atoms with Gasteiger partial charge in [0.1, 0.15) is 18.1 Å². The fraction of sp³-hybridized carbons (Fsp3) is 0.154. The Kier molecular flexibility index (Phi) is 3.83. The van der Waals surface area contributed by atoms with E-state index in [1.165, 1.54) is 6.07 Å². The SMILES string of the molecule is Cc1cc(OCc2ccccc2I)cc(=O)o1. The number of ether oxygens (including phenoxy) is 1. The van der Waals surface area contributed by atoms with E-state index >= 15 is 0 Å². The molecule has 17 heavy (non-hydrogen) atoms. The van der Waals surface area contributed by atoms with Crippen molar-refractivity contribution < 1.29 is 9.15 Å². The molecule has 0 amide bonds. The second-order valence-corrected chi connectivity index (χ2v) is 4.77. The number of halogens is 1. The maximum absolute atomic E-state index is 11.1. The highest BCUT2D eigenvalue weighted by Crippen LogP contribution is 2.15. The van der Waals surface area contributed by atoms with Gasteiger partial charge in [-0.2, -0.15) is 0 Å². The van der Waals surface area contributed by atoms with Crippen LogP contribution < -0.4 is 10.4 Å². The van der Waals surface area contributed by atoms with Gasteiger partial charge in [-0.1, -0.05) is 18.2 Å². The van der Waals surface area contributed by atoms with Crippen molar-refractivity contribution in [2.24, 2.45) is 0 Å². The zero-order valence-corrected chi connectivity index (χ0v) is 11.4. The molecule has 0 bridgehead atoms. The Bertz CT molecular complexity index is 575. The molecule has 0 aliphatic rings. The van der Waals surface area contributed by atoms with Crippen LogP contribution in [0.3, 0.4) is 0 Å². The van der Waals surface area contributed by atoms with E-state index in [4.69, 9.17) is 9.15 Å². The summed E-state index contributed by atoms with van der Waals surface area (Å²) in [5.41, 5.74) is 0.710. The lowest BCUT2D eigenvalue weighted by atomic mass is 10.2. The Morgan fingerprint density at radius 3 is 2.76 bits per heavy atom. The van der Waals surface area contributed by atoms with Crippen molar-refractivity contribution in [2.45, 2.75) is 13.5 Å². The summed E-state index contributed by atoms with van der Waals surface area (Å²) >= 11 is 2.26. The van der Waals surface area contributed by atoms with Crippen molar-refractivity contribution in [3.05, 3.63) is 61.7 Å². The molecule has 1 aromatic carbocycles. The lowest BCUT2D eigenvalue weighted by Gasteiger charge is -2.07. The molecule has 0 unspecified atom stereocenters. The first-order valence-corrected chi connectivity index (χ1v) is 6.21. The molecule has 88 valence electrons. The number of aryl methyl sites for hydroxylation is 1. The molecular formula is C13H11IO3. The van der Waals surface area contributed by atoms with Gasteiger partial charge in [-0.25, -0.2) is 4.79 Å². The molecule has 3 nitrogen and oxygen atoms in total. The fourth-order valence-electron chi connectivity index (χ4n) is 1.44. The Morgan fingerprint density at radius 1 is 1.29 bits per heavy atom. The molecule has 0 aliphatic heterocycles. The van der Waals surface area contributed by atoms with Gasteiger partial charge in [-0.15, -0.1) is 0 Å². The maximum atomic E-state index is 11.1. The third-order valence-electron chi connectivity index (χ3n) is 2.22. The summed E-state index contributed by atoms with van der Waals surface area (Å²) in [6.07, 6.45) is 0. The highest BCUT2D eigenvalue weighted by molar-refractivity contribution is 14.1. The largest absolute Gasteiger partial charge is 0.488 e. The van der Waals surface area contributed by atoms with Crippen LogP contribution in [0.1, 0.15) is 11.3 Å². The topological polar surface area (TPSA) is 39.4 Å². The van der Waals surface area contributed by atoms with E-state index < -0.39 is 0 Å². The zero-order chi connectivity index (χ0) is 12.3. The lowest BCUT2D eigenvalue weighted by Crippen LogP contribution is -2.02. The lowest BCUT2D eigenvalue weighted by molar-refractivity contribution is 0.299. The standard InChI is InChI=1S/C13H11IO3/c1-9-6-11(7-13(15)17-9)16-8-10-4-2-3-5-12(10)14/h2-7H,8H2,1H3. The van der Waals surface area contributed by atoms with Crippen molar-refractivity contribution in [1.82, 2.24) is 0 Å². The molecule has 0 N–H and O–H groups in total. The summed E-state index contributed by atoms with van der Waals surface area (Å²) < 4.78 is 11.6. The van der Waals surface area contributed by atoms with Gasteiger partial charge in [-0.05, 0) is 35.6 Å². The molecule has 0 saturated carbocycles. The Morgan fingerprint density at radius 2 is 2.06 bits per heavy atom. The van der Waals surface area contributed by atoms with Crippen LogP contribution in [0, 0.1) is 10.5 Å². The van der Waals surface area contributed by atoms with Crippen molar-refractivity contribution in [3.8, 4) is 5.75 Å². The maximum Gasteiger partial charge on any atom is 0.339 e. The van der Waals surface area contributed by atoms with Gasteiger partial charge in [0.05, 0.1) is 6.07 Å². The molecule has 1 aromatic heterocycles. The van der Waals surface area contributed by atoms with Crippen LogP contribution in [0.4, 0.5) is 0 Å². The van der Waals surface area contributed by atoms with E-state index in [9.17, 15) is 4.79 Å². The molecule has 4 heteroatoms. The quantitative estimate of drug-likeness (QED) is 0.805. The summed E-state index contributed by atoms with van der Waals surface area (Å²) in [6, 6.07) is 11.0. The van der Waals surface area contributed by atoms with E-state index in [0.717, 1.165) is 9.13 Å². The highest BCUT2D eigenvalue weighted by Gasteiger charge is 2.02. The summed E-state index contributed by atoms with van der Waals surface area (Å²) in [7, 11) is 0. The smallest absolute Gasteiger partial charge is 0.339 e. The second-order valence-electron chi connectivity index (χ2n) is 3.60. The number of benzene rings is 1. The van der Waals surface area contributed by atoms with E-state index in [0.29, 0.717) is 18.1 Å². The monoisotopic (exact) mass is 342 g/mol. The summed E-state index contributed by atoms with van der Waals surface area (Å²) in [6.45, 7) is 2.17. The van der Waals surface area contributed by atoms with Gasteiger partial charge in [0.2, 0.25) is 0 Å². The molecule has 2 aromatic rings. The van der Waals surface area contributed by atoms with Crippen LogP contribution in [0.5, 0.6) is 5.75 Å². The average molecular weight is 342 g/mol. The van der Waals surface area contributed by atoms with Crippen molar-refractivity contribution in [2.75, 3.05) is 0 Å². The predicted molar refractivity (Wildman–Crippen MR) is 73.2 cm³/mol. The van der Waals surface area contributed by atoms with Gasteiger partial charge < -0.3 is 9.15 Å². The minimum Gasteiger partial charge on any atom is -0.488 e. The van der Waals surface area contributed by atoms with Crippen LogP contribution >= 0.6 is 22.6 Å². The van der Waals surface area contributed by atoms with E-state index in [-0.39, 0.29) is 5.63 Å². The minimum atomic E-state index is -0.386. The molecule has 0 saturated heterocycles. The molecule has 0 fully saturated rings. The normalized spacial score (nSPS) is 10.2. The predicted octanol–water partition coefficient (Wildman–Crippen LogP) is 3.13. The van der Waals surface area contributed by atoms with E-state index in [2.05, 4.69) is 22.6 Å². The van der Waals surface area contributed by atoms with Crippen molar-refractivity contribution >= 4 is 22.6 Å². The van der Waals surface area contributed by atoms with Crippen LogP contribution in [0.15, 0.2) is 45.6 Å². The molecule has 0 aliphatic carbocycles. The van der Waals surface area contributed by atoms with Crippen LogP contribution in [0.25, 0.3) is 0 Å². The van der Waals surface area contributed by atoms with E-state index in [1.54, 1.807) is 13.0 Å². The first-order chi connectivity index (χ1) is 8.15. The third kappa shape index (κ3) is 3.33. The summed E-state index contributed by atoms with van der Waals surface area (Å²) in [5, 5.41) is 0. The average Bonchev–Trinajstić information content (AvgIpc) is 2.27. The van der Waals surface area contributed by atoms with Gasteiger partial charge in [0.25, 0.3) is 0 Å². The molecule has 1 heterocycles. The zero-order valence-electron chi connectivity index (χ0n) is 9.27. The van der Waals surface area contributed by atoms with Crippen LogP contribution in [-0.2, 0) is 6.61 Å². The van der Waals surface area contributed by atoms with Gasteiger partial charge in [0.15, 0.2) is 0 Å². The molecule has 0 spiro atoms. The second kappa shape index (κ2) is 5.35. The minimum absolute atomic E-state index is 0.386. The molecular weight excluding hydrogens is 331 g/mol. The fourth-order valence-corrected chi connectivity index (χ4v) is 1.98. The highest BCUT2D eigenvalue weighted by atomic mass is 127. The van der Waals surface area contributed by atoms with E-state index in [1.807, 2.05) is 24.3 Å². The third-order valence-corrected chi connectivity index (χ3v) is 3.27. The first kappa shape index (κ1) is 12.2.